The summed E-state index contributed by atoms with van der Waals surface area (Å²) in [5.74, 6) is 2.10. The van der Waals surface area contributed by atoms with E-state index in [1.165, 1.54) is 10.4 Å². The minimum atomic E-state index is 0.285. The average molecular weight is 522 g/mol. The number of nitrogens with zero attached hydrogens (tertiary/aromatic N) is 2. The number of ether oxygens (including phenoxy) is 2. The van der Waals surface area contributed by atoms with Gasteiger partial charge in [0.1, 0.15) is 11.1 Å². The van der Waals surface area contributed by atoms with Crippen molar-refractivity contribution in [1.82, 2.24) is 0 Å². The molecule has 0 aliphatic heterocycles. The van der Waals surface area contributed by atoms with Crippen molar-refractivity contribution in [3.05, 3.63) is 37.3 Å². The van der Waals surface area contributed by atoms with Gasteiger partial charge in [0.25, 0.3) is 0 Å². The second-order valence-corrected chi connectivity index (χ2v) is 10.6. The highest BCUT2D eigenvalue weighted by atomic mass is 127. The minimum Gasteiger partial charge on any atom is -0.492 e. The van der Waals surface area contributed by atoms with Crippen molar-refractivity contribution in [2.24, 2.45) is 16.3 Å². The fraction of sp³-hybridized carbons (Fsp3) is 0.478. The first-order valence-electron chi connectivity index (χ1n) is 9.87. The molecule has 1 aromatic carbocycles. The van der Waals surface area contributed by atoms with Gasteiger partial charge in [0, 0.05) is 11.1 Å². The number of rotatable bonds is 5. The zero-order valence-electron chi connectivity index (χ0n) is 17.6. The molecule has 6 heteroatoms. The zero-order valence-corrected chi connectivity index (χ0v) is 20.6. The number of benzene rings is 1. The number of fused-ring (bicyclic) bond motifs is 1. The van der Waals surface area contributed by atoms with Crippen LogP contribution < -0.4 is 9.47 Å². The van der Waals surface area contributed by atoms with Crippen molar-refractivity contribution in [1.29, 1.82) is 5.26 Å². The van der Waals surface area contributed by atoms with Crippen LogP contribution in [-0.2, 0) is 12.8 Å². The van der Waals surface area contributed by atoms with Crippen LogP contribution in [0.25, 0.3) is 0 Å². The van der Waals surface area contributed by atoms with Crippen molar-refractivity contribution in [2.75, 3.05) is 13.7 Å². The fourth-order valence-electron chi connectivity index (χ4n) is 3.77. The molecule has 0 amide bonds. The molecule has 0 spiro atoms. The van der Waals surface area contributed by atoms with Gasteiger partial charge in [-0.25, -0.2) is 4.99 Å². The molecular formula is C23H27IN2O2S. The van der Waals surface area contributed by atoms with Crippen LogP contribution in [0.2, 0.25) is 0 Å². The SMILES string of the molecule is CCOc1cc(C=Nc2sc3c(c2C#N)CC[C@@H](C(C)(C)C)C3)cc(I)c1OC. The molecule has 0 fully saturated rings. The highest BCUT2D eigenvalue weighted by Crippen LogP contribution is 2.45. The third-order valence-electron chi connectivity index (χ3n) is 5.45. The number of methoxy groups -OCH3 is 1. The van der Waals surface area contributed by atoms with Crippen LogP contribution >= 0.6 is 33.9 Å². The second-order valence-electron chi connectivity index (χ2n) is 8.33. The lowest BCUT2D eigenvalue weighted by atomic mass is 9.72. The third kappa shape index (κ3) is 4.77. The zero-order chi connectivity index (χ0) is 21.2. The number of thiophene rings is 1. The number of hydrogen-bond acceptors (Lipinski definition) is 5. The molecule has 154 valence electrons. The summed E-state index contributed by atoms with van der Waals surface area (Å²) < 4.78 is 12.1. The number of nitriles is 1. The number of aliphatic imine (C=N–C) groups is 1. The molecule has 2 aromatic rings. The van der Waals surface area contributed by atoms with E-state index in [1.807, 2.05) is 25.3 Å². The van der Waals surface area contributed by atoms with Crippen LogP contribution in [0.4, 0.5) is 5.00 Å². The maximum atomic E-state index is 9.76. The van der Waals surface area contributed by atoms with E-state index in [4.69, 9.17) is 14.5 Å². The maximum Gasteiger partial charge on any atom is 0.174 e. The maximum absolute atomic E-state index is 9.76. The molecule has 1 atom stereocenters. The highest BCUT2D eigenvalue weighted by molar-refractivity contribution is 14.1. The molecule has 0 saturated carbocycles. The Labute approximate surface area is 191 Å². The smallest absolute Gasteiger partial charge is 0.174 e. The molecule has 1 heterocycles. The Hall–Kier alpha value is -1.59. The predicted molar refractivity (Wildman–Crippen MR) is 128 cm³/mol. The first-order chi connectivity index (χ1) is 13.8. The molecule has 1 aliphatic carbocycles. The predicted octanol–water partition coefficient (Wildman–Crippen LogP) is 6.53. The van der Waals surface area contributed by atoms with Gasteiger partial charge < -0.3 is 9.47 Å². The van der Waals surface area contributed by atoms with Crippen LogP contribution in [0.15, 0.2) is 17.1 Å². The van der Waals surface area contributed by atoms with Gasteiger partial charge >= 0.3 is 0 Å². The van der Waals surface area contributed by atoms with E-state index in [-0.39, 0.29) is 5.41 Å². The Morgan fingerprint density at radius 2 is 2.14 bits per heavy atom. The first-order valence-corrected chi connectivity index (χ1v) is 11.8. The number of halogens is 1. The van der Waals surface area contributed by atoms with Crippen LogP contribution in [0, 0.1) is 26.2 Å². The lowest BCUT2D eigenvalue weighted by Crippen LogP contribution is -2.26. The molecular weight excluding hydrogens is 495 g/mol. The standard InChI is InChI=1S/C23H27IN2O2S/c1-6-28-19-10-14(9-18(24)21(19)27-5)13-26-22-17(12-25)16-8-7-15(23(2,3)4)11-20(16)29-22/h9-10,13,15H,6-8,11H2,1-5H3/t15-/m1/s1. The van der Waals surface area contributed by atoms with E-state index in [9.17, 15) is 5.26 Å². The van der Waals surface area contributed by atoms with Crippen molar-refractivity contribution in [3.8, 4) is 17.6 Å². The summed E-state index contributed by atoms with van der Waals surface area (Å²) in [4.78, 5) is 6.04. The molecule has 0 saturated heterocycles. The summed E-state index contributed by atoms with van der Waals surface area (Å²) in [6, 6.07) is 6.35. The average Bonchev–Trinajstić information content (AvgIpc) is 3.02. The molecule has 1 aliphatic rings. The summed E-state index contributed by atoms with van der Waals surface area (Å²) in [7, 11) is 1.65. The van der Waals surface area contributed by atoms with E-state index in [1.54, 1.807) is 18.4 Å². The summed E-state index contributed by atoms with van der Waals surface area (Å²) in [6.45, 7) is 9.44. The Balaban J connectivity index is 1.93. The van der Waals surface area contributed by atoms with E-state index in [0.717, 1.165) is 44.7 Å². The number of hydrogen-bond donors (Lipinski definition) is 0. The van der Waals surface area contributed by atoms with E-state index >= 15 is 0 Å². The lowest BCUT2D eigenvalue weighted by Gasteiger charge is -2.33. The van der Waals surface area contributed by atoms with Crippen LogP contribution in [0.1, 0.15) is 55.7 Å². The van der Waals surface area contributed by atoms with Crippen LogP contribution in [0.3, 0.4) is 0 Å². The van der Waals surface area contributed by atoms with Gasteiger partial charge in [0.15, 0.2) is 11.5 Å². The van der Waals surface area contributed by atoms with E-state index < -0.39 is 0 Å². The van der Waals surface area contributed by atoms with Gasteiger partial charge in [-0.1, -0.05) is 20.8 Å². The van der Waals surface area contributed by atoms with Gasteiger partial charge in [-0.2, -0.15) is 5.26 Å². The molecule has 0 unspecified atom stereocenters. The van der Waals surface area contributed by atoms with E-state index in [2.05, 4.69) is 49.4 Å². The molecule has 1 aromatic heterocycles. The van der Waals surface area contributed by atoms with Crippen molar-refractivity contribution < 1.29 is 9.47 Å². The molecule has 4 nitrogen and oxygen atoms in total. The topological polar surface area (TPSA) is 54.6 Å². The molecule has 29 heavy (non-hydrogen) atoms. The van der Waals surface area contributed by atoms with Gasteiger partial charge in [0.2, 0.25) is 0 Å². The summed E-state index contributed by atoms with van der Waals surface area (Å²) in [5, 5.41) is 10.6. The second kappa shape index (κ2) is 9.05. The van der Waals surface area contributed by atoms with Crippen molar-refractivity contribution in [3.63, 3.8) is 0 Å². The Morgan fingerprint density at radius 3 is 2.76 bits per heavy atom. The molecule has 3 rings (SSSR count). The normalized spacial score (nSPS) is 16.5. The summed E-state index contributed by atoms with van der Waals surface area (Å²) in [5.41, 5.74) is 3.18. The quantitative estimate of drug-likeness (QED) is 0.331. The Bertz CT molecular complexity index is 967. The van der Waals surface area contributed by atoms with Crippen molar-refractivity contribution in [2.45, 2.75) is 47.0 Å². The summed E-state index contributed by atoms with van der Waals surface area (Å²) >= 11 is 3.92. The molecule has 0 bridgehead atoms. The monoisotopic (exact) mass is 522 g/mol. The Morgan fingerprint density at radius 1 is 1.38 bits per heavy atom. The Kier molecular flexibility index (Phi) is 6.90. The fourth-order valence-corrected chi connectivity index (χ4v) is 5.84. The van der Waals surface area contributed by atoms with Crippen LogP contribution in [0.5, 0.6) is 11.5 Å². The van der Waals surface area contributed by atoms with Gasteiger partial charge in [-0.15, -0.1) is 11.3 Å². The van der Waals surface area contributed by atoms with E-state index in [0.29, 0.717) is 18.3 Å². The van der Waals surface area contributed by atoms with Crippen LogP contribution in [-0.4, -0.2) is 19.9 Å². The highest BCUT2D eigenvalue weighted by Gasteiger charge is 2.32. The van der Waals surface area contributed by atoms with Gasteiger partial charge in [-0.05, 0) is 83.4 Å². The lowest BCUT2D eigenvalue weighted by molar-refractivity contribution is 0.218. The van der Waals surface area contributed by atoms with Gasteiger partial charge in [0.05, 0.1) is 22.9 Å². The largest absolute Gasteiger partial charge is 0.492 e. The molecule has 0 N–H and O–H groups in total. The first kappa shape index (κ1) is 22.1. The summed E-state index contributed by atoms with van der Waals surface area (Å²) in [6.07, 6.45) is 4.98. The minimum absolute atomic E-state index is 0.285. The third-order valence-corrected chi connectivity index (χ3v) is 7.41. The molecule has 0 radical (unpaired) electrons. The van der Waals surface area contributed by atoms with Gasteiger partial charge in [-0.3, -0.25) is 0 Å². The van der Waals surface area contributed by atoms with Crippen molar-refractivity contribution >= 4 is 45.1 Å².